The second-order valence-corrected chi connectivity index (χ2v) is 15.9. The smallest absolute Gasteiger partial charge is 0.318 e. The number of hydrogen-bond donors (Lipinski definition) is 0. The zero-order valence-electron chi connectivity index (χ0n) is 31.1. The minimum atomic E-state index is -1.42. The molecule has 0 aliphatic heterocycles. The molecule has 0 radical (unpaired) electrons. The normalized spacial score (nSPS) is 15.5. The van der Waals surface area contributed by atoms with E-state index in [2.05, 4.69) is 184 Å². The molecule has 2 unspecified atom stereocenters. The third-order valence-electron chi connectivity index (χ3n) is 9.15. The Kier molecular flexibility index (Phi) is 12.1. The SMILES string of the molecule is C=C\C=C/C(C)=C(C)/C(/C=C(/C=C\C1=CCC=CC=C1)OP(n1cccc1)n1ccc2ccccc21)=C(\C=C)OP(n1cccc1)n1ccc2ccccc21. The van der Waals surface area contributed by atoms with E-state index in [-0.39, 0.29) is 0 Å². The summed E-state index contributed by atoms with van der Waals surface area (Å²) in [5.41, 5.74) is 6.19. The first-order chi connectivity index (χ1) is 27.0. The first-order valence-electron chi connectivity index (χ1n) is 18.2. The Morgan fingerprint density at radius 2 is 1.29 bits per heavy atom. The van der Waals surface area contributed by atoms with E-state index in [9.17, 15) is 0 Å². The van der Waals surface area contributed by atoms with Gasteiger partial charge in [0.15, 0.2) is 0 Å². The van der Waals surface area contributed by atoms with Crippen molar-refractivity contribution in [2.45, 2.75) is 20.3 Å². The first-order valence-corrected chi connectivity index (χ1v) is 20.5. The monoisotopic (exact) mass is 758 g/mol. The molecule has 6 aromatic rings. The predicted molar refractivity (Wildman–Crippen MR) is 233 cm³/mol. The first kappa shape index (κ1) is 37.3. The van der Waals surface area contributed by atoms with Gasteiger partial charge >= 0.3 is 16.9 Å². The van der Waals surface area contributed by atoms with Crippen molar-refractivity contribution in [1.82, 2.24) is 17.4 Å². The van der Waals surface area contributed by atoms with Crippen LogP contribution in [0.4, 0.5) is 0 Å². The second kappa shape index (κ2) is 17.8. The summed E-state index contributed by atoms with van der Waals surface area (Å²) in [6, 6.07) is 29.1. The summed E-state index contributed by atoms with van der Waals surface area (Å²) in [5.74, 6) is 1.30. The molecule has 4 aromatic heterocycles. The van der Waals surface area contributed by atoms with E-state index >= 15 is 0 Å². The molecule has 6 nitrogen and oxygen atoms in total. The molecule has 0 spiro atoms. The van der Waals surface area contributed by atoms with Gasteiger partial charge in [-0.25, -0.2) is 0 Å². The third kappa shape index (κ3) is 8.68. The standard InChI is InChI=1S/C47H44N4O2P2/c1-5-7-20-38(3)39(4)44(47(6-2)53-55(49-33-18-19-34-49)51-36-30-42-24-13-15-26-46(42)51)37-43(28-27-40-21-10-8-9-11-22-40)52-54(48-31-16-17-32-48)50-35-29-41-23-12-14-25-45(41)50/h5-10,12-37H,1-2,11H2,3-4H3/b20-7-,28-27-,39-38+,43-37-,47-44+. The van der Waals surface area contributed by atoms with Crippen molar-refractivity contribution >= 4 is 38.7 Å². The number of benzene rings is 2. The van der Waals surface area contributed by atoms with E-state index in [0.717, 1.165) is 50.5 Å². The lowest BCUT2D eigenvalue weighted by Crippen LogP contribution is -2.05. The molecular formula is C47H44N4O2P2. The molecular weight excluding hydrogens is 714 g/mol. The number of para-hydroxylation sites is 2. The Morgan fingerprint density at radius 1 is 0.691 bits per heavy atom. The van der Waals surface area contributed by atoms with Gasteiger partial charge in [-0.05, 0) is 104 Å². The molecule has 0 N–H and O–H groups in total. The number of hydrogen-bond acceptors (Lipinski definition) is 2. The maximum absolute atomic E-state index is 7.23. The summed E-state index contributed by atoms with van der Waals surface area (Å²) in [7, 11) is -2.84. The van der Waals surface area contributed by atoms with Gasteiger partial charge in [-0.2, -0.15) is 0 Å². The van der Waals surface area contributed by atoms with Crippen LogP contribution in [-0.4, -0.2) is 17.4 Å². The molecule has 8 heteroatoms. The average molecular weight is 759 g/mol. The van der Waals surface area contributed by atoms with Crippen molar-refractivity contribution in [3.63, 3.8) is 0 Å². The van der Waals surface area contributed by atoms with Gasteiger partial charge in [0.25, 0.3) is 0 Å². The summed E-state index contributed by atoms with van der Waals surface area (Å²) in [6.45, 7) is 12.4. The lowest BCUT2D eigenvalue weighted by molar-refractivity contribution is 0.467. The summed E-state index contributed by atoms with van der Waals surface area (Å²) in [6.07, 6.45) is 37.7. The van der Waals surface area contributed by atoms with E-state index in [4.69, 9.17) is 9.05 Å². The highest BCUT2D eigenvalue weighted by Gasteiger charge is 2.23. The molecule has 2 aromatic carbocycles. The largest absolute Gasteiger partial charge is 0.436 e. The maximum atomic E-state index is 7.23. The van der Waals surface area contributed by atoms with Crippen LogP contribution >= 0.6 is 16.9 Å². The van der Waals surface area contributed by atoms with Gasteiger partial charge in [-0.3, -0.25) is 17.4 Å². The highest BCUT2D eigenvalue weighted by atomic mass is 31.2. The Morgan fingerprint density at radius 3 is 1.89 bits per heavy atom. The van der Waals surface area contributed by atoms with E-state index < -0.39 is 16.9 Å². The number of rotatable bonds is 15. The topological polar surface area (TPSA) is 38.2 Å². The van der Waals surface area contributed by atoms with Crippen molar-refractivity contribution in [1.29, 1.82) is 0 Å². The van der Waals surface area contributed by atoms with E-state index in [1.165, 1.54) is 0 Å². The molecule has 274 valence electrons. The lowest BCUT2D eigenvalue weighted by atomic mass is 9.99. The van der Waals surface area contributed by atoms with Gasteiger partial charge in [0.1, 0.15) is 11.5 Å². The minimum Gasteiger partial charge on any atom is -0.436 e. The molecule has 1 aliphatic rings. The van der Waals surface area contributed by atoms with Gasteiger partial charge < -0.3 is 9.05 Å². The summed E-state index contributed by atoms with van der Waals surface area (Å²) < 4.78 is 23.1. The zero-order valence-corrected chi connectivity index (χ0v) is 32.9. The third-order valence-corrected chi connectivity index (χ3v) is 12.6. The van der Waals surface area contributed by atoms with E-state index in [1.54, 1.807) is 6.08 Å². The Balaban J connectivity index is 1.42. The van der Waals surface area contributed by atoms with Crippen molar-refractivity contribution in [2.24, 2.45) is 0 Å². The number of fused-ring (bicyclic) bond motifs is 2. The van der Waals surface area contributed by atoms with Gasteiger partial charge in [-0.15, -0.1) is 0 Å². The summed E-state index contributed by atoms with van der Waals surface area (Å²) in [4.78, 5) is 0. The Bertz CT molecular complexity index is 2530. The van der Waals surface area contributed by atoms with Gasteiger partial charge in [0, 0.05) is 53.5 Å². The molecule has 7 rings (SSSR count). The van der Waals surface area contributed by atoms with Crippen molar-refractivity contribution in [3.05, 3.63) is 242 Å². The molecule has 55 heavy (non-hydrogen) atoms. The van der Waals surface area contributed by atoms with Crippen LogP contribution in [0.15, 0.2) is 242 Å². The van der Waals surface area contributed by atoms with Crippen LogP contribution in [0.1, 0.15) is 20.3 Å². The van der Waals surface area contributed by atoms with Crippen LogP contribution in [0.25, 0.3) is 21.8 Å². The second-order valence-electron chi connectivity index (χ2n) is 12.7. The summed E-state index contributed by atoms with van der Waals surface area (Å²) >= 11 is 0. The van der Waals surface area contributed by atoms with Crippen LogP contribution in [-0.2, 0) is 9.05 Å². The molecule has 0 saturated heterocycles. The van der Waals surface area contributed by atoms with Crippen molar-refractivity contribution in [3.8, 4) is 0 Å². The minimum absolute atomic E-state index is 0.630. The van der Waals surface area contributed by atoms with Gasteiger partial charge in [0.2, 0.25) is 0 Å². The Hall–Kier alpha value is -6.06. The summed E-state index contributed by atoms with van der Waals surface area (Å²) in [5, 5.41) is 2.29. The number of nitrogens with zero attached hydrogens (tertiary/aromatic N) is 4. The predicted octanol–water partition coefficient (Wildman–Crippen LogP) is 13.6. The molecule has 0 fully saturated rings. The Labute approximate surface area is 326 Å². The quantitative estimate of drug-likeness (QED) is 0.0594. The molecule has 0 bridgehead atoms. The van der Waals surface area contributed by atoms with E-state index in [1.807, 2.05) is 48.8 Å². The fourth-order valence-corrected chi connectivity index (χ4v) is 9.48. The van der Waals surface area contributed by atoms with Crippen molar-refractivity contribution in [2.75, 3.05) is 0 Å². The van der Waals surface area contributed by atoms with Crippen LogP contribution in [0.2, 0.25) is 0 Å². The zero-order chi connectivity index (χ0) is 38.0. The molecule has 2 atom stereocenters. The van der Waals surface area contributed by atoms with Gasteiger partial charge in [0.05, 0.1) is 11.0 Å². The van der Waals surface area contributed by atoms with Crippen LogP contribution in [0.5, 0.6) is 0 Å². The number of allylic oxidation sites excluding steroid dienone is 16. The van der Waals surface area contributed by atoms with Gasteiger partial charge in [-0.1, -0.05) is 104 Å². The molecule has 0 amide bonds. The fourth-order valence-electron chi connectivity index (χ4n) is 6.16. The highest BCUT2D eigenvalue weighted by molar-refractivity contribution is 7.50. The maximum Gasteiger partial charge on any atom is 0.318 e. The van der Waals surface area contributed by atoms with Crippen molar-refractivity contribution < 1.29 is 9.05 Å². The molecule has 0 saturated carbocycles. The van der Waals surface area contributed by atoms with E-state index in [0.29, 0.717) is 11.5 Å². The molecule has 4 heterocycles. The lowest BCUT2D eigenvalue weighted by Gasteiger charge is -2.24. The highest BCUT2D eigenvalue weighted by Crippen LogP contribution is 2.48. The number of aromatic nitrogens is 4. The van der Waals surface area contributed by atoms with Crippen LogP contribution in [0, 0.1) is 0 Å². The van der Waals surface area contributed by atoms with Crippen LogP contribution < -0.4 is 0 Å². The van der Waals surface area contributed by atoms with Crippen LogP contribution in [0.3, 0.4) is 0 Å². The average Bonchev–Trinajstić information content (AvgIpc) is 4.05. The molecule has 1 aliphatic carbocycles. The fraction of sp³-hybridized carbons (Fsp3) is 0.0638.